The first-order chi connectivity index (χ1) is 16.0. The van der Waals surface area contributed by atoms with Crippen LogP contribution in [0, 0.1) is 6.92 Å². The lowest BCUT2D eigenvalue weighted by atomic mass is 9.94. The Bertz CT molecular complexity index is 1180. The highest BCUT2D eigenvalue weighted by Gasteiger charge is 2.34. The molecule has 3 aromatic rings. The number of hydrogen-bond acceptors (Lipinski definition) is 6. The number of hydrogen-bond donors (Lipinski definition) is 2. The summed E-state index contributed by atoms with van der Waals surface area (Å²) in [6, 6.07) is 13.0. The molecule has 4 rings (SSSR count). The van der Waals surface area contributed by atoms with Gasteiger partial charge < -0.3 is 20.1 Å². The molecule has 33 heavy (non-hydrogen) atoms. The summed E-state index contributed by atoms with van der Waals surface area (Å²) in [5, 5.41) is 10.7. The summed E-state index contributed by atoms with van der Waals surface area (Å²) in [6.45, 7) is 8.93. The third-order valence-corrected chi connectivity index (χ3v) is 5.48. The molecule has 0 aliphatic carbocycles. The van der Waals surface area contributed by atoms with Crippen LogP contribution in [0.4, 0.5) is 11.6 Å². The third kappa shape index (κ3) is 4.55. The van der Waals surface area contributed by atoms with Gasteiger partial charge >= 0.3 is 0 Å². The predicted octanol–water partition coefficient (Wildman–Crippen LogP) is 4.70. The molecule has 0 saturated carbocycles. The van der Waals surface area contributed by atoms with Crippen LogP contribution in [0.3, 0.4) is 0 Å². The molecule has 8 heteroatoms. The molecule has 0 fully saturated rings. The van der Waals surface area contributed by atoms with E-state index in [0.717, 1.165) is 28.9 Å². The maximum absolute atomic E-state index is 13.5. The van der Waals surface area contributed by atoms with Gasteiger partial charge in [-0.15, -0.1) is 0 Å². The lowest BCUT2D eigenvalue weighted by Crippen LogP contribution is -2.31. The van der Waals surface area contributed by atoms with Crippen molar-refractivity contribution in [3.63, 3.8) is 0 Å². The minimum absolute atomic E-state index is 0.204. The van der Waals surface area contributed by atoms with Crippen LogP contribution in [0.25, 0.3) is 0 Å². The first kappa shape index (κ1) is 22.4. The van der Waals surface area contributed by atoms with Crippen LogP contribution in [-0.2, 0) is 4.79 Å². The highest BCUT2D eigenvalue weighted by Crippen LogP contribution is 2.39. The average molecular weight is 448 g/mol. The number of para-hydroxylation sites is 1. The van der Waals surface area contributed by atoms with Gasteiger partial charge in [-0.3, -0.25) is 4.79 Å². The number of carbonyl (C=O) groups excluding carboxylic acids is 1. The van der Waals surface area contributed by atoms with Crippen LogP contribution < -0.4 is 20.1 Å². The molecule has 2 aromatic carbocycles. The number of amides is 1. The van der Waals surface area contributed by atoms with Crippen molar-refractivity contribution in [2.75, 3.05) is 23.8 Å². The van der Waals surface area contributed by atoms with Crippen molar-refractivity contribution in [2.45, 2.75) is 40.2 Å². The van der Waals surface area contributed by atoms with E-state index in [-0.39, 0.29) is 5.91 Å². The van der Waals surface area contributed by atoms with Crippen LogP contribution in [0.15, 0.2) is 60.1 Å². The summed E-state index contributed by atoms with van der Waals surface area (Å²) in [7, 11) is 0. The van der Waals surface area contributed by atoms with Gasteiger partial charge in [0.2, 0.25) is 5.95 Å². The quantitative estimate of drug-likeness (QED) is 0.520. The monoisotopic (exact) mass is 447 g/mol. The summed E-state index contributed by atoms with van der Waals surface area (Å²) < 4.78 is 13.4. The fourth-order valence-corrected chi connectivity index (χ4v) is 3.89. The van der Waals surface area contributed by atoms with E-state index < -0.39 is 6.04 Å². The molecule has 1 amide bonds. The summed E-state index contributed by atoms with van der Waals surface area (Å²) in [6.07, 6.45) is 2.38. The molecule has 0 radical (unpaired) electrons. The van der Waals surface area contributed by atoms with E-state index in [1.807, 2.05) is 63.2 Å². The Balaban J connectivity index is 1.76. The Hall–Kier alpha value is -3.81. The summed E-state index contributed by atoms with van der Waals surface area (Å²) in [5.41, 5.74) is 3.88. The minimum atomic E-state index is -0.479. The van der Waals surface area contributed by atoms with E-state index in [4.69, 9.17) is 9.47 Å². The average Bonchev–Trinajstić information content (AvgIpc) is 3.27. The van der Waals surface area contributed by atoms with Crippen LogP contribution in [0.1, 0.15) is 44.4 Å². The number of aryl methyl sites for hydroxylation is 1. The first-order valence-corrected chi connectivity index (χ1v) is 11.2. The van der Waals surface area contributed by atoms with E-state index >= 15 is 0 Å². The second-order valence-corrected chi connectivity index (χ2v) is 7.85. The molecule has 1 atom stereocenters. The fraction of sp³-hybridized carbons (Fsp3) is 0.320. The zero-order valence-electron chi connectivity index (χ0n) is 19.4. The topological polar surface area (TPSA) is 90.3 Å². The highest BCUT2D eigenvalue weighted by molar-refractivity contribution is 6.06. The number of nitrogens with zero attached hydrogens (tertiary/aromatic N) is 3. The lowest BCUT2D eigenvalue weighted by Gasteiger charge is -2.29. The Kier molecular flexibility index (Phi) is 6.63. The molecule has 1 aliphatic rings. The van der Waals surface area contributed by atoms with Crippen LogP contribution in [0.5, 0.6) is 11.5 Å². The van der Waals surface area contributed by atoms with E-state index in [0.29, 0.717) is 36.2 Å². The second-order valence-electron chi connectivity index (χ2n) is 7.85. The van der Waals surface area contributed by atoms with Crippen molar-refractivity contribution in [1.82, 2.24) is 14.8 Å². The lowest BCUT2D eigenvalue weighted by molar-refractivity contribution is -0.113. The molecular weight excluding hydrogens is 418 g/mol. The molecule has 2 heterocycles. The molecule has 0 bridgehead atoms. The van der Waals surface area contributed by atoms with Crippen molar-refractivity contribution in [2.24, 2.45) is 0 Å². The van der Waals surface area contributed by atoms with Gasteiger partial charge in [-0.25, -0.2) is 4.68 Å². The summed E-state index contributed by atoms with van der Waals surface area (Å²) in [5.74, 6) is 1.70. The SMILES string of the molecule is CCCOc1ccc(C2C(C(=O)Nc3ccccc3C)=C(C)Nc3ncnn32)cc1OCC. The normalized spacial score (nSPS) is 15.0. The number of carbonyl (C=O) groups is 1. The van der Waals surface area contributed by atoms with Crippen molar-refractivity contribution >= 4 is 17.5 Å². The number of anilines is 2. The van der Waals surface area contributed by atoms with E-state index in [1.165, 1.54) is 6.33 Å². The number of ether oxygens (including phenoxy) is 2. The van der Waals surface area contributed by atoms with Crippen LogP contribution in [0.2, 0.25) is 0 Å². The standard InChI is InChI=1S/C25H29N5O3/c1-5-13-33-20-12-11-18(14-21(20)32-6-2)23-22(17(4)28-25-26-15-27-30(23)25)24(31)29-19-10-8-7-9-16(19)3/h7-12,14-15,23H,5-6,13H2,1-4H3,(H,29,31)(H,26,27,28). The van der Waals surface area contributed by atoms with Gasteiger partial charge in [-0.2, -0.15) is 10.1 Å². The smallest absolute Gasteiger partial charge is 0.255 e. The largest absolute Gasteiger partial charge is 0.490 e. The molecule has 172 valence electrons. The van der Waals surface area contributed by atoms with E-state index in [9.17, 15) is 4.79 Å². The van der Waals surface area contributed by atoms with Gasteiger partial charge in [0, 0.05) is 11.4 Å². The second kappa shape index (κ2) is 9.77. The van der Waals surface area contributed by atoms with E-state index in [2.05, 4.69) is 27.6 Å². The van der Waals surface area contributed by atoms with Gasteiger partial charge in [-0.05, 0) is 56.5 Å². The maximum atomic E-state index is 13.5. The zero-order chi connectivity index (χ0) is 23.4. The number of rotatable bonds is 8. The molecule has 1 aromatic heterocycles. The Morgan fingerprint density at radius 2 is 1.94 bits per heavy atom. The predicted molar refractivity (Wildman–Crippen MR) is 128 cm³/mol. The van der Waals surface area contributed by atoms with Gasteiger partial charge in [-0.1, -0.05) is 31.2 Å². The molecule has 1 unspecified atom stereocenters. The first-order valence-electron chi connectivity index (χ1n) is 11.2. The Morgan fingerprint density at radius 1 is 1.12 bits per heavy atom. The van der Waals surface area contributed by atoms with Crippen molar-refractivity contribution in [1.29, 1.82) is 0 Å². The van der Waals surface area contributed by atoms with Gasteiger partial charge in [0.15, 0.2) is 11.5 Å². The number of benzene rings is 2. The van der Waals surface area contributed by atoms with E-state index in [1.54, 1.807) is 4.68 Å². The highest BCUT2D eigenvalue weighted by atomic mass is 16.5. The number of aromatic nitrogens is 3. The van der Waals surface area contributed by atoms with Crippen molar-refractivity contribution in [3.05, 3.63) is 71.2 Å². The Labute approximate surface area is 193 Å². The molecular formula is C25H29N5O3. The number of allylic oxidation sites excluding steroid dienone is 1. The fourth-order valence-electron chi connectivity index (χ4n) is 3.89. The van der Waals surface area contributed by atoms with Gasteiger partial charge in [0.25, 0.3) is 5.91 Å². The molecule has 8 nitrogen and oxygen atoms in total. The Morgan fingerprint density at radius 3 is 2.70 bits per heavy atom. The van der Waals surface area contributed by atoms with Crippen molar-refractivity contribution in [3.8, 4) is 11.5 Å². The number of fused-ring (bicyclic) bond motifs is 1. The van der Waals surface area contributed by atoms with Crippen LogP contribution >= 0.6 is 0 Å². The minimum Gasteiger partial charge on any atom is -0.490 e. The zero-order valence-corrected chi connectivity index (χ0v) is 19.4. The van der Waals surface area contributed by atoms with Crippen molar-refractivity contribution < 1.29 is 14.3 Å². The molecule has 0 saturated heterocycles. The summed E-state index contributed by atoms with van der Waals surface area (Å²) >= 11 is 0. The third-order valence-electron chi connectivity index (χ3n) is 5.48. The maximum Gasteiger partial charge on any atom is 0.255 e. The van der Waals surface area contributed by atoms with Gasteiger partial charge in [0.1, 0.15) is 12.4 Å². The molecule has 1 aliphatic heterocycles. The van der Waals surface area contributed by atoms with Crippen LogP contribution in [-0.4, -0.2) is 33.9 Å². The molecule has 0 spiro atoms. The summed E-state index contributed by atoms with van der Waals surface area (Å²) in [4.78, 5) is 17.8. The molecule has 2 N–H and O–H groups in total. The number of nitrogens with one attached hydrogen (secondary N) is 2. The van der Waals surface area contributed by atoms with Gasteiger partial charge in [0.05, 0.1) is 18.8 Å².